The summed E-state index contributed by atoms with van der Waals surface area (Å²) in [6, 6.07) is 4.49. The molecule has 0 saturated heterocycles. The van der Waals surface area contributed by atoms with Gasteiger partial charge < -0.3 is 5.32 Å². The van der Waals surface area contributed by atoms with E-state index in [-0.39, 0.29) is 5.56 Å². The quantitative estimate of drug-likeness (QED) is 0.936. The zero-order chi connectivity index (χ0) is 14.0. The van der Waals surface area contributed by atoms with Crippen LogP contribution in [0.4, 0.5) is 4.39 Å². The number of rotatable bonds is 3. The van der Waals surface area contributed by atoms with E-state index in [4.69, 9.17) is 0 Å². The summed E-state index contributed by atoms with van der Waals surface area (Å²) >= 11 is 1.45. The lowest BCUT2D eigenvalue weighted by molar-refractivity contribution is 0.0907. The lowest BCUT2D eigenvalue weighted by Gasteiger charge is -2.24. The van der Waals surface area contributed by atoms with Crippen molar-refractivity contribution < 1.29 is 9.18 Å². The van der Waals surface area contributed by atoms with Gasteiger partial charge in [-0.05, 0) is 32.9 Å². The molecule has 0 bridgehead atoms. The summed E-state index contributed by atoms with van der Waals surface area (Å²) in [5.41, 5.74) is 0.282. The molecule has 1 heterocycles. The Balaban J connectivity index is 2.24. The Bertz CT molecular complexity index is 593. The fourth-order valence-corrected chi connectivity index (χ4v) is 2.47. The van der Waals surface area contributed by atoms with Crippen molar-refractivity contribution in [3.63, 3.8) is 0 Å². The molecule has 100 valence electrons. The monoisotopic (exact) mass is 278 g/mol. The van der Waals surface area contributed by atoms with Gasteiger partial charge in [0.05, 0.1) is 11.1 Å². The predicted molar refractivity (Wildman–Crippen MR) is 73.7 cm³/mol. The van der Waals surface area contributed by atoms with Crippen molar-refractivity contribution in [3.05, 3.63) is 51.7 Å². The van der Waals surface area contributed by atoms with Crippen LogP contribution in [0.25, 0.3) is 0 Å². The maximum atomic E-state index is 13.7. The molecular formula is C14H15FN2OS. The van der Waals surface area contributed by atoms with Crippen LogP contribution in [-0.2, 0) is 5.54 Å². The van der Waals surface area contributed by atoms with E-state index >= 15 is 0 Å². The Hall–Kier alpha value is -1.75. The van der Waals surface area contributed by atoms with Gasteiger partial charge in [0, 0.05) is 11.6 Å². The standard InChI is InChI=1S/C14H15FN2OS/c1-9-4-5-11(15)10(8-9)12(18)17-14(2,3)13-16-6-7-19-13/h4-8H,1-3H3,(H,17,18). The van der Waals surface area contributed by atoms with Crippen LogP contribution in [0.2, 0.25) is 0 Å². The van der Waals surface area contributed by atoms with Crippen LogP contribution in [-0.4, -0.2) is 10.9 Å². The van der Waals surface area contributed by atoms with Gasteiger partial charge in [-0.2, -0.15) is 0 Å². The van der Waals surface area contributed by atoms with E-state index in [9.17, 15) is 9.18 Å². The number of hydrogen-bond acceptors (Lipinski definition) is 3. The number of aromatic nitrogens is 1. The average molecular weight is 278 g/mol. The summed E-state index contributed by atoms with van der Waals surface area (Å²) in [5, 5.41) is 5.44. The number of halogens is 1. The molecular weight excluding hydrogens is 263 g/mol. The van der Waals surface area contributed by atoms with Crippen molar-refractivity contribution in [2.45, 2.75) is 26.3 Å². The molecule has 3 nitrogen and oxygen atoms in total. The summed E-state index contributed by atoms with van der Waals surface area (Å²) in [6.07, 6.45) is 1.68. The minimum atomic E-state index is -0.624. The van der Waals surface area contributed by atoms with E-state index < -0.39 is 17.3 Å². The number of aryl methyl sites for hydroxylation is 1. The Morgan fingerprint density at radius 2 is 2.16 bits per heavy atom. The number of hydrogen-bond donors (Lipinski definition) is 1. The smallest absolute Gasteiger partial charge is 0.255 e. The van der Waals surface area contributed by atoms with Crippen molar-refractivity contribution in [3.8, 4) is 0 Å². The van der Waals surface area contributed by atoms with Gasteiger partial charge >= 0.3 is 0 Å². The number of thiazole rings is 1. The average Bonchev–Trinajstić information content (AvgIpc) is 2.86. The maximum absolute atomic E-state index is 13.7. The molecule has 1 aromatic heterocycles. The van der Waals surface area contributed by atoms with E-state index in [1.807, 2.05) is 26.2 Å². The molecule has 0 aliphatic carbocycles. The first-order chi connectivity index (χ1) is 8.90. The zero-order valence-electron chi connectivity index (χ0n) is 11.0. The van der Waals surface area contributed by atoms with Crippen molar-refractivity contribution in [2.75, 3.05) is 0 Å². The molecule has 1 N–H and O–H groups in total. The topological polar surface area (TPSA) is 42.0 Å². The van der Waals surface area contributed by atoms with Gasteiger partial charge in [0.15, 0.2) is 0 Å². The van der Waals surface area contributed by atoms with Crippen molar-refractivity contribution in [2.24, 2.45) is 0 Å². The summed E-state index contributed by atoms with van der Waals surface area (Å²) in [7, 11) is 0. The molecule has 2 aromatic rings. The van der Waals surface area contributed by atoms with Crippen LogP contribution >= 0.6 is 11.3 Å². The first kappa shape index (κ1) is 13.7. The van der Waals surface area contributed by atoms with Gasteiger partial charge in [-0.1, -0.05) is 11.6 Å². The normalized spacial score (nSPS) is 11.4. The first-order valence-corrected chi connectivity index (χ1v) is 6.77. The highest BCUT2D eigenvalue weighted by Gasteiger charge is 2.27. The number of nitrogens with zero attached hydrogens (tertiary/aromatic N) is 1. The molecule has 19 heavy (non-hydrogen) atoms. The highest BCUT2D eigenvalue weighted by molar-refractivity contribution is 7.09. The van der Waals surface area contributed by atoms with E-state index in [0.29, 0.717) is 0 Å². The summed E-state index contributed by atoms with van der Waals surface area (Å²) in [4.78, 5) is 16.3. The molecule has 2 rings (SSSR count). The Kier molecular flexibility index (Phi) is 3.66. The van der Waals surface area contributed by atoms with Gasteiger partial charge in [0.1, 0.15) is 10.8 Å². The summed E-state index contributed by atoms with van der Waals surface area (Å²) < 4.78 is 13.7. The molecule has 0 fully saturated rings. The van der Waals surface area contributed by atoms with Gasteiger partial charge in [0.25, 0.3) is 5.91 Å². The Labute approximate surface area is 115 Å². The molecule has 0 spiro atoms. The number of carbonyl (C=O) groups is 1. The minimum Gasteiger partial charge on any atom is -0.341 e. The SMILES string of the molecule is Cc1ccc(F)c(C(=O)NC(C)(C)c2nccs2)c1. The van der Waals surface area contributed by atoms with Crippen LogP contribution in [0.15, 0.2) is 29.8 Å². The maximum Gasteiger partial charge on any atom is 0.255 e. The lowest BCUT2D eigenvalue weighted by Crippen LogP contribution is -2.41. The highest BCUT2D eigenvalue weighted by atomic mass is 32.1. The predicted octanol–water partition coefficient (Wildman–Crippen LogP) is 3.26. The largest absolute Gasteiger partial charge is 0.341 e. The molecule has 1 aromatic carbocycles. The van der Waals surface area contributed by atoms with Gasteiger partial charge in [-0.25, -0.2) is 9.37 Å². The third kappa shape index (κ3) is 2.98. The molecule has 0 radical (unpaired) electrons. The van der Waals surface area contributed by atoms with Crippen molar-refractivity contribution in [1.29, 1.82) is 0 Å². The van der Waals surface area contributed by atoms with Gasteiger partial charge in [-0.3, -0.25) is 4.79 Å². The van der Waals surface area contributed by atoms with Crippen LogP contribution in [0.1, 0.15) is 34.8 Å². The van der Waals surface area contributed by atoms with E-state index in [0.717, 1.165) is 10.6 Å². The summed E-state index contributed by atoms with van der Waals surface area (Å²) in [5.74, 6) is -0.945. The second-order valence-electron chi connectivity index (χ2n) is 4.90. The molecule has 0 unspecified atom stereocenters. The van der Waals surface area contributed by atoms with Crippen LogP contribution in [0.3, 0.4) is 0 Å². The third-order valence-corrected chi connectivity index (χ3v) is 3.86. The highest BCUT2D eigenvalue weighted by Crippen LogP contribution is 2.23. The summed E-state index contributed by atoms with van der Waals surface area (Å²) in [6.45, 7) is 5.51. The molecule has 0 saturated carbocycles. The Morgan fingerprint density at radius 1 is 1.42 bits per heavy atom. The van der Waals surface area contributed by atoms with Crippen LogP contribution < -0.4 is 5.32 Å². The van der Waals surface area contributed by atoms with Crippen molar-refractivity contribution in [1.82, 2.24) is 10.3 Å². The van der Waals surface area contributed by atoms with E-state index in [2.05, 4.69) is 10.3 Å². The number of nitrogens with one attached hydrogen (secondary N) is 1. The fraction of sp³-hybridized carbons (Fsp3) is 0.286. The van der Waals surface area contributed by atoms with E-state index in [1.54, 1.807) is 18.3 Å². The fourth-order valence-electron chi connectivity index (χ4n) is 1.75. The van der Waals surface area contributed by atoms with Crippen LogP contribution in [0.5, 0.6) is 0 Å². The number of benzene rings is 1. The Morgan fingerprint density at radius 3 is 2.79 bits per heavy atom. The molecule has 0 atom stereocenters. The van der Waals surface area contributed by atoms with Gasteiger partial charge in [-0.15, -0.1) is 11.3 Å². The molecule has 5 heteroatoms. The van der Waals surface area contributed by atoms with Gasteiger partial charge in [0.2, 0.25) is 0 Å². The van der Waals surface area contributed by atoms with E-state index in [1.165, 1.54) is 17.4 Å². The molecule has 0 aliphatic rings. The molecule has 1 amide bonds. The zero-order valence-corrected chi connectivity index (χ0v) is 11.8. The second-order valence-corrected chi connectivity index (χ2v) is 5.79. The van der Waals surface area contributed by atoms with Crippen LogP contribution in [0, 0.1) is 12.7 Å². The van der Waals surface area contributed by atoms with Crippen molar-refractivity contribution >= 4 is 17.2 Å². The minimum absolute atomic E-state index is 0.0598. The lowest BCUT2D eigenvalue weighted by atomic mass is 10.0. The molecule has 0 aliphatic heterocycles. The number of carbonyl (C=O) groups excluding carboxylic acids is 1. The first-order valence-electron chi connectivity index (χ1n) is 5.89. The third-order valence-electron chi connectivity index (χ3n) is 2.76. The number of amides is 1. The second kappa shape index (κ2) is 5.09.